The topological polar surface area (TPSA) is 6.48 Å². The fraction of sp³-hybridized carbons (Fsp3) is 0.0909. The first-order valence-electron chi connectivity index (χ1n) is 8.22. The molecule has 0 spiro atoms. The Kier molecular flexibility index (Phi) is 3.80. The van der Waals surface area contributed by atoms with Crippen LogP contribution < -0.4 is 4.90 Å². The number of hydrogen-bond donors (Lipinski definition) is 0. The highest BCUT2D eigenvalue weighted by atomic mass is 15.3. The first-order valence-corrected chi connectivity index (χ1v) is 8.22. The van der Waals surface area contributed by atoms with Gasteiger partial charge in [0.1, 0.15) is 0 Å². The number of benzene rings is 3. The van der Waals surface area contributed by atoms with E-state index < -0.39 is 0 Å². The smallest absolute Gasteiger partial charge is 0.0944 e. The van der Waals surface area contributed by atoms with Crippen molar-refractivity contribution in [2.75, 3.05) is 18.6 Å². The van der Waals surface area contributed by atoms with Crippen LogP contribution in [0.15, 0.2) is 91.1 Å². The summed E-state index contributed by atoms with van der Waals surface area (Å²) in [7, 11) is 2.14. The molecule has 3 aromatic rings. The van der Waals surface area contributed by atoms with Crippen molar-refractivity contribution in [3.8, 4) is 11.1 Å². The summed E-state index contributed by atoms with van der Waals surface area (Å²) in [5.74, 6) is 0. The van der Waals surface area contributed by atoms with Gasteiger partial charge in [0.2, 0.25) is 0 Å². The largest absolute Gasteiger partial charge is 0.355 e. The van der Waals surface area contributed by atoms with Crippen LogP contribution in [0.4, 0.5) is 5.69 Å². The van der Waals surface area contributed by atoms with Gasteiger partial charge in [-0.3, -0.25) is 0 Å². The lowest BCUT2D eigenvalue weighted by Gasteiger charge is -2.19. The zero-order chi connectivity index (χ0) is 16.4. The third-order valence-electron chi connectivity index (χ3n) is 4.43. The van der Waals surface area contributed by atoms with Crippen LogP contribution in [-0.4, -0.2) is 18.6 Å². The highest BCUT2D eigenvalue weighted by Crippen LogP contribution is 2.29. The molecule has 4 rings (SSSR count). The summed E-state index contributed by atoms with van der Waals surface area (Å²) in [5, 5.41) is 0. The molecule has 1 heterocycles. The van der Waals surface area contributed by atoms with Crippen molar-refractivity contribution in [2.24, 2.45) is 0 Å². The van der Waals surface area contributed by atoms with Gasteiger partial charge in [-0.05, 0) is 28.8 Å². The average molecular weight is 312 g/mol. The quantitative estimate of drug-likeness (QED) is 0.667. The van der Waals surface area contributed by atoms with E-state index in [4.69, 9.17) is 0 Å². The number of hydrogen-bond acceptors (Lipinski definition) is 2. The number of nitrogens with zero attached hydrogens (tertiary/aromatic N) is 2. The van der Waals surface area contributed by atoms with Crippen molar-refractivity contribution in [3.05, 3.63) is 96.7 Å². The Morgan fingerprint density at radius 1 is 0.625 bits per heavy atom. The van der Waals surface area contributed by atoms with Gasteiger partial charge in [-0.15, -0.1) is 0 Å². The maximum Gasteiger partial charge on any atom is 0.0944 e. The first-order chi connectivity index (χ1) is 11.8. The van der Waals surface area contributed by atoms with E-state index in [1.54, 1.807) is 0 Å². The van der Waals surface area contributed by atoms with Gasteiger partial charge >= 0.3 is 0 Å². The summed E-state index contributed by atoms with van der Waals surface area (Å²) >= 11 is 0. The first kappa shape index (κ1) is 14.6. The minimum Gasteiger partial charge on any atom is -0.355 e. The molecule has 0 saturated carbocycles. The molecule has 0 bridgehead atoms. The maximum atomic E-state index is 2.28. The van der Waals surface area contributed by atoms with Crippen LogP contribution in [0, 0.1) is 0 Å². The molecule has 0 unspecified atom stereocenters. The Labute approximate surface area is 143 Å². The van der Waals surface area contributed by atoms with Crippen LogP contribution in [0.25, 0.3) is 16.8 Å². The summed E-state index contributed by atoms with van der Waals surface area (Å²) in [6.45, 7) is 0.875. The van der Waals surface area contributed by atoms with E-state index >= 15 is 0 Å². The van der Waals surface area contributed by atoms with Crippen LogP contribution in [0.2, 0.25) is 0 Å². The minimum absolute atomic E-state index is 0.875. The van der Waals surface area contributed by atoms with Crippen molar-refractivity contribution < 1.29 is 0 Å². The fourth-order valence-corrected chi connectivity index (χ4v) is 3.13. The Morgan fingerprint density at radius 3 is 1.83 bits per heavy atom. The predicted molar refractivity (Wildman–Crippen MR) is 101 cm³/mol. The molecule has 118 valence electrons. The fourth-order valence-electron chi connectivity index (χ4n) is 3.13. The Morgan fingerprint density at radius 2 is 1.17 bits per heavy atom. The maximum absolute atomic E-state index is 2.28. The molecular weight excluding hydrogens is 292 g/mol. The zero-order valence-electron chi connectivity index (χ0n) is 13.8. The molecular formula is C22H20N2. The van der Waals surface area contributed by atoms with E-state index in [0.717, 1.165) is 6.67 Å². The summed E-state index contributed by atoms with van der Waals surface area (Å²) in [6, 6.07) is 29.8. The van der Waals surface area contributed by atoms with Crippen molar-refractivity contribution in [1.82, 2.24) is 4.90 Å². The highest BCUT2D eigenvalue weighted by Gasteiger charge is 2.19. The SMILES string of the molecule is CN1CN(c2ccccc2)C=C1c1ccc(-c2ccccc2)cc1. The van der Waals surface area contributed by atoms with E-state index in [0.29, 0.717) is 0 Å². The highest BCUT2D eigenvalue weighted by molar-refractivity contribution is 5.73. The zero-order valence-corrected chi connectivity index (χ0v) is 13.8. The van der Waals surface area contributed by atoms with E-state index in [1.165, 1.54) is 28.1 Å². The molecule has 0 aliphatic carbocycles. The normalized spacial score (nSPS) is 14.0. The van der Waals surface area contributed by atoms with E-state index in [2.05, 4.69) is 102 Å². The third kappa shape index (κ3) is 2.79. The summed E-state index contributed by atoms with van der Waals surface area (Å²) in [5.41, 5.74) is 6.22. The van der Waals surface area contributed by atoms with Gasteiger partial charge in [0.25, 0.3) is 0 Å². The van der Waals surface area contributed by atoms with Gasteiger partial charge in [0.05, 0.1) is 12.4 Å². The summed E-state index contributed by atoms with van der Waals surface area (Å²) < 4.78 is 0. The molecule has 3 aromatic carbocycles. The van der Waals surface area contributed by atoms with Gasteiger partial charge in [-0.1, -0.05) is 72.8 Å². The van der Waals surface area contributed by atoms with Crippen molar-refractivity contribution in [1.29, 1.82) is 0 Å². The van der Waals surface area contributed by atoms with Crippen molar-refractivity contribution in [2.45, 2.75) is 0 Å². The second-order valence-corrected chi connectivity index (χ2v) is 6.10. The van der Waals surface area contributed by atoms with Gasteiger partial charge in [0.15, 0.2) is 0 Å². The Balaban J connectivity index is 1.61. The van der Waals surface area contributed by atoms with Crippen LogP contribution in [-0.2, 0) is 0 Å². The molecule has 2 heteroatoms. The van der Waals surface area contributed by atoms with Crippen LogP contribution in [0.1, 0.15) is 5.56 Å². The van der Waals surface area contributed by atoms with Crippen molar-refractivity contribution >= 4 is 11.4 Å². The molecule has 1 aliphatic heterocycles. The molecule has 0 N–H and O–H groups in total. The van der Waals surface area contributed by atoms with E-state index in [-0.39, 0.29) is 0 Å². The lowest BCUT2D eigenvalue weighted by Crippen LogP contribution is -2.22. The van der Waals surface area contributed by atoms with Crippen LogP contribution >= 0.6 is 0 Å². The van der Waals surface area contributed by atoms with Gasteiger partial charge < -0.3 is 9.80 Å². The van der Waals surface area contributed by atoms with E-state index in [9.17, 15) is 0 Å². The predicted octanol–water partition coefficient (Wildman–Crippen LogP) is 5.06. The van der Waals surface area contributed by atoms with Crippen LogP contribution in [0.3, 0.4) is 0 Å². The third-order valence-corrected chi connectivity index (χ3v) is 4.43. The lowest BCUT2D eigenvalue weighted by molar-refractivity contribution is 0.516. The molecule has 0 aromatic heterocycles. The standard InChI is InChI=1S/C22H20N2/c1-23-17-24(21-10-6-3-7-11-21)16-22(23)20-14-12-19(13-15-20)18-8-4-2-5-9-18/h2-16H,17H2,1H3. The molecule has 0 atom stereocenters. The minimum atomic E-state index is 0.875. The number of para-hydroxylation sites is 1. The second kappa shape index (κ2) is 6.25. The molecule has 24 heavy (non-hydrogen) atoms. The molecule has 0 fully saturated rings. The number of rotatable bonds is 3. The summed E-state index contributed by atoms with van der Waals surface area (Å²) in [4.78, 5) is 4.56. The van der Waals surface area contributed by atoms with Crippen molar-refractivity contribution in [3.63, 3.8) is 0 Å². The Bertz CT molecular complexity index is 836. The van der Waals surface area contributed by atoms with E-state index in [1.807, 2.05) is 6.07 Å². The molecule has 0 saturated heterocycles. The summed E-state index contributed by atoms with van der Waals surface area (Å²) in [6.07, 6.45) is 2.23. The molecule has 1 aliphatic rings. The van der Waals surface area contributed by atoms with Gasteiger partial charge in [0, 0.05) is 18.9 Å². The monoisotopic (exact) mass is 312 g/mol. The van der Waals surface area contributed by atoms with Crippen LogP contribution in [0.5, 0.6) is 0 Å². The number of anilines is 1. The lowest BCUT2D eigenvalue weighted by atomic mass is 10.0. The molecule has 2 nitrogen and oxygen atoms in total. The van der Waals surface area contributed by atoms with Gasteiger partial charge in [-0.2, -0.15) is 0 Å². The Hall–Kier alpha value is -3.00. The average Bonchev–Trinajstić information content (AvgIpc) is 3.05. The second-order valence-electron chi connectivity index (χ2n) is 6.10. The van der Waals surface area contributed by atoms with Gasteiger partial charge in [-0.25, -0.2) is 0 Å². The molecule has 0 radical (unpaired) electrons. The molecule has 0 amide bonds.